The fourth-order valence-corrected chi connectivity index (χ4v) is 2.19. The monoisotopic (exact) mass is 293 g/mol. The zero-order chi connectivity index (χ0) is 15.2. The standard InChI is InChI=1S/C16H20ClNO2/c1-4-9-16(2,3)18-15(20)13-8-7-12(6-5-10-19)14(17)11-13/h7-8,11,19H,4,9-10H2,1-3H3,(H,18,20). The maximum Gasteiger partial charge on any atom is 0.251 e. The van der Waals surface area contributed by atoms with Crippen molar-refractivity contribution in [3.63, 3.8) is 0 Å². The lowest BCUT2D eigenvalue weighted by atomic mass is 9.98. The third-order valence-electron chi connectivity index (χ3n) is 2.86. The molecular formula is C16H20ClNO2. The molecule has 0 saturated heterocycles. The SMILES string of the molecule is CCCC(C)(C)NC(=O)c1ccc(C#CCO)c(Cl)c1. The molecule has 2 N–H and O–H groups in total. The van der Waals surface area contributed by atoms with Crippen molar-refractivity contribution in [3.8, 4) is 11.8 Å². The van der Waals surface area contributed by atoms with Crippen LogP contribution < -0.4 is 5.32 Å². The Labute approximate surface area is 125 Å². The van der Waals surface area contributed by atoms with E-state index in [4.69, 9.17) is 16.7 Å². The molecule has 20 heavy (non-hydrogen) atoms. The molecule has 1 aromatic rings. The molecule has 0 spiro atoms. The van der Waals surface area contributed by atoms with Gasteiger partial charge in [-0.05, 0) is 38.5 Å². The number of carbonyl (C=O) groups is 1. The number of amides is 1. The average molecular weight is 294 g/mol. The summed E-state index contributed by atoms with van der Waals surface area (Å²) in [5, 5.41) is 12.1. The first kappa shape index (κ1) is 16.6. The quantitative estimate of drug-likeness (QED) is 0.839. The first-order valence-electron chi connectivity index (χ1n) is 6.61. The number of rotatable bonds is 4. The molecule has 0 fully saturated rings. The van der Waals surface area contributed by atoms with E-state index in [0.717, 1.165) is 12.8 Å². The molecule has 0 heterocycles. The van der Waals surface area contributed by atoms with Crippen LogP contribution in [-0.2, 0) is 0 Å². The average Bonchev–Trinajstić information content (AvgIpc) is 2.36. The highest BCUT2D eigenvalue weighted by molar-refractivity contribution is 6.32. The Bertz CT molecular complexity index is 541. The summed E-state index contributed by atoms with van der Waals surface area (Å²) in [4.78, 5) is 12.2. The van der Waals surface area contributed by atoms with Gasteiger partial charge in [0.25, 0.3) is 5.91 Å². The van der Waals surface area contributed by atoms with E-state index in [2.05, 4.69) is 24.1 Å². The van der Waals surface area contributed by atoms with E-state index in [1.54, 1.807) is 18.2 Å². The van der Waals surface area contributed by atoms with Gasteiger partial charge >= 0.3 is 0 Å². The van der Waals surface area contributed by atoms with Crippen LogP contribution in [0.25, 0.3) is 0 Å². The van der Waals surface area contributed by atoms with Gasteiger partial charge in [0.2, 0.25) is 0 Å². The van der Waals surface area contributed by atoms with Crippen molar-refractivity contribution in [2.24, 2.45) is 0 Å². The largest absolute Gasteiger partial charge is 0.384 e. The van der Waals surface area contributed by atoms with E-state index in [0.29, 0.717) is 16.1 Å². The van der Waals surface area contributed by atoms with E-state index >= 15 is 0 Å². The van der Waals surface area contributed by atoms with Crippen molar-refractivity contribution in [2.75, 3.05) is 6.61 Å². The summed E-state index contributed by atoms with van der Waals surface area (Å²) in [7, 11) is 0. The van der Waals surface area contributed by atoms with Crippen LogP contribution in [0.4, 0.5) is 0 Å². The molecule has 0 aliphatic carbocycles. The molecule has 4 heteroatoms. The number of nitrogens with one attached hydrogen (secondary N) is 1. The van der Waals surface area contributed by atoms with Crippen molar-refractivity contribution >= 4 is 17.5 Å². The van der Waals surface area contributed by atoms with Crippen molar-refractivity contribution in [1.29, 1.82) is 0 Å². The first-order valence-corrected chi connectivity index (χ1v) is 6.99. The lowest BCUT2D eigenvalue weighted by molar-refractivity contribution is 0.0909. The van der Waals surface area contributed by atoms with Crippen LogP contribution in [0.3, 0.4) is 0 Å². The number of hydrogen-bond donors (Lipinski definition) is 2. The van der Waals surface area contributed by atoms with E-state index in [1.165, 1.54) is 0 Å². The minimum atomic E-state index is -0.242. The Morgan fingerprint density at radius 1 is 1.45 bits per heavy atom. The molecule has 0 aliphatic rings. The van der Waals surface area contributed by atoms with Crippen LogP contribution in [0.15, 0.2) is 18.2 Å². The van der Waals surface area contributed by atoms with Crippen LogP contribution >= 0.6 is 11.6 Å². The summed E-state index contributed by atoms with van der Waals surface area (Å²) in [5.41, 5.74) is 0.868. The third-order valence-corrected chi connectivity index (χ3v) is 3.17. The fourth-order valence-electron chi connectivity index (χ4n) is 1.96. The number of carbonyl (C=O) groups excluding carboxylic acids is 1. The molecule has 0 saturated carbocycles. The molecule has 1 amide bonds. The van der Waals surface area contributed by atoms with Crippen molar-refractivity contribution in [3.05, 3.63) is 34.3 Å². The summed E-state index contributed by atoms with van der Waals surface area (Å²) >= 11 is 6.08. The maximum atomic E-state index is 12.2. The van der Waals surface area contributed by atoms with E-state index in [9.17, 15) is 4.79 Å². The highest BCUT2D eigenvalue weighted by Crippen LogP contribution is 2.18. The van der Waals surface area contributed by atoms with Crippen LogP contribution in [0, 0.1) is 11.8 Å². The zero-order valence-corrected chi connectivity index (χ0v) is 12.8. The molecule has 0 unspecified atom stereocenters. The Morgan fingerprint density at radius 2 is 2.15 bits per heavy atom. The van der Waals surface area contributed by atoms with Crippen LogP contribution in [0.1, 0.15) is 49.5 Å². The second-order valence-electron chi connectivity index (χ2n) is 5.24. The second-order valence-corrected chi connectivity index (χ2v) is 5.65. The van der Waals surface area contributed by atoms with Crippen LogP contribution in [-0.4, -0.2) is 23.2 Å². The van der Waals surface area contributed by atoms with E-state index in [-0.39, 0.29) is 18.1 Å². The maximum absolute atomic E-state index is 12.2. The normalized spacial score (nSPS) is 10.7. The van der Waals surface area contributed by atoms with Crippen LogP contribution in [0.2, 0.25) is 5.02 Å². The highest BCUT2D eigenvalue weighted by Gasteiger charge is 2.20. The predicted octanol–water partition coefficient (Wildman–Crippen LogP) is 2.99. The molecule has 0 bridgehead atoms. The Morgan fingerprint density at radius 3 is 2.70 bits per heavy atom. The van der Waals surface area contributed by atoms with Gasteiger partial charge in [-0.2, -0.15) is 0 Å². The predicted molar refractivity (Wildman–Crippen MR) is 81.9 cm³/mol. The number of hydrogen-bond acceptors (Lipinski definition) is 2. The molecule has 3 nitrogen and oxygen atoms in total. The summed E-state index contributed by atoms with van der Waals surface area (Å²) in [5.74, 6) is 5.12. The topological polar surface area (TPSA) is 49.3 Å². The summed E-state index contributed by atoms with van der Waals surface area (Å²) < 4.78 is 0. The Hall–Kier alpha value is -1.50. The number of aliphatic hydroxyl groups excluding tert-OH is 1. The van der Waals surface area contributed by atoms with Gasteiger partial charge < -0.3 is 10.4 Å². The third kappa shape index (κ3) is 4.88. The van der Waals surface area contributed by atoms with Gasteiger partial charge in [-0.3, -0.25) is 4.79 Å². The molecule has 0 atom stereocenters. The summed E-state index contributed by atoms with van der Waals surface area (Å²) in [6.45, 7) is 5.86. The van der Waals surface area contributed by atoms with E-state index < -0.39 is 0 Å². The smallest absolute Gasteiger partial charge is 0.251 e. The number of halogens is 1. The van der Waals surface area contributed by atoms with Crippen LogP contribution in [0.5, 0.6) is 0 Å². The minimum Gasteiger partial charge on any atom is -0.384 e. The van der Waals surface area contributed by atoms with Gasteiger partial charge in [-0.15, -0.1) is 0 Å². The second kappa shape index (κ2) is 7.33. The Kier molecular flexibility index (Phi) is 6.06. The molecule has 0 aromatic heterocycles. The van der Waals surface area contributed by atoms with Gasteiger partial charge in [-0.25, -0.2) is 0 Å². The number of aliphatic hydroxyl groups is 1. The summed E-state index contributed by atoms with van der Waals surface area (Å²) in [6, 6.07) is 4.97. The first-order chi connectivity index (χ1) is 9.39. The lowest BCUT2D eigenvalue weighted by Crippen LogP contribution is -2.43. The van der Waals surface area contributed by atoms with Gasteiger partial charge in [-0.1, -0.05) is 36.8 Å². The molecule has 1 aromatic carbocycles. The van der Waals surface area contributed by atoms with Crippen molar-refractivity contribution in [2.45, 2.75) is 39.2 Å². The molecule has 108 valence electrons. The van der Waals surface area contributed by atoms with Crippen molar-refractivity contribution in [1.82, 2.24) is 5.32 Å². The summed E-state index contributed by atoms with van der Waals surface area (Å²) in [6.07, 6.45) is 1.91. The molecule has 1 rings (SSSR count). The van der Waals surface area contributed by atoms with Gasteiger partial charge in [0.15, 0.2) is 0 Å². The minimum absolute atomic E-state index is 0.146. The highest BCUT2D eigenvalue weighted by atomic mass is 35.5. The molecule has 0 aliphatic heterocycles. The molecular weight excluding hydrogens is 274 g/mol. The number of benzene rings is 1. The van der Waals surface area contributed by atoms with Gasteiger partial charge in [0.05, 0.1) is 5.02 Å². The van der Waals surface area contributed by atoms with Crippen molar-refractivity contribution < 1.29 is 9.90 Å². The zero-order valence-electron chi connectivity index (χ0n) is 12.1. The Balaban J connectivity index is 2.88. The van der Waals surface area contributed by atoms with E-state index in [1.807, 2.05) is 13.8 Å². The van der Waals surface area contributed by atoms with Gasteiger partial charge in [0, 0.05) is 16.7 Å². The van der Waals surface area contributed by atoms with Gasteiger partial charge in [0.1, 0.15) is 6.61 Å². The molecule has 0 radical (unpaired) electrons. The lowest BCUT2D eigenvalue weighted by Gasteiger charge is -2.25. The fraction of sp³-hybridized carbons (Fsp3) is 0.438.